The molecular weight excluding hydrogens is 360 g/mol. The highest BCUT2D eigenvalue weighted by atomic mass is 14.4. The van der Waals surface area contributed by atoms with E-state index in [-0.39, 0.29) is 0 Å². The maximum absolute atomic E-state index is 4.69. The molecule has 0 saturated heterocycles. The molecule has 0 amide bonds. The van der Waals surface area contributed by atoms with Crippen LogP contribution in [0.5, 0.6) is 0 Å². The zero-order valence-corrected chi connectivity index (χ0v) is 20.4. The summed E-state index contributed by atoms with van der Waals surface area (Å²) in [7, 11) is 0. The summed E-state index contributed by atoms with van der Waals surface area (Å²) >= 11 is 0. The Hall–Kier alpha value is -1.82. The summed E-state index contributed by atoms with van der Waals surface area (Å²) in [6.07, 6.45) is 6.43. The molecule has 30 heavy (non-hydrogen) atoms. The monoisotopic (exact) mass is 402 g/mol. The van der Waals surface area contributed by atoms with Gasteiger partial charge in [-0.05, 0) is 103 Å². The van der Waals surface area contributed by atoms with E-state index in [4.69, 9.17) is 6.58 Å². The first-order chi connectivity index (χ1) is 14.0. The number of hydrogen-bond acceptors (Lipinski definition) is 0. The van der Waals surface area contributed by atoms with Gasteiger partial charge in [0.25, 0.3) is 0 Å². The third-order valence-corrected chi connectivity index (χ3v) is 7.62. The average molecular weight is 403 g/mol. The van der Waals surface area contributed by atoms with Crippen molar-refractivity contribution in [2.75, 3.05) is 0 Å². The minimum absolute atomic E-state index is 0.399. The van der Waals surface area contributed by atoms with Gasteiger partial charge in [0.1, 0.15) is 0 Å². The highest BCUT2D eigenvalue weighted by Crippen LogP contribution is 2.54. The first-order valence-electron chi connectivity index (χ1n) is 11.8. The molecule has 0 N–H and O–H groups in total. The Kier molecular flexibility index (Phi) is 6.66. The fourth-order valence-electron chi connectivity index (χ4n) is 5.36. The minimum Gasteiger partial charge on any atom is -0.0949 e. The van der Waals surface area contributed by atoms with Crippen molar-refractivity contribution in [3.63, 3.8) is 0 Å². The van der Waals surface area contributed by atoms with Crippen LogP contribution in [0.1, 0.15) is 93.5 Å². The Balaban J connectivity index is 1.96. The summed E-state index contributed by atoms with van der Waals surface area (Å²) in [4.78, 5) is 0. The van der Waals surface area contributed by atoms with Gasteiger partial charge in [-0.15, -0.1) is 0 Å². The molecule has 3 rings (SSSR count). The summed E-state index contributed by atoms with van der Waals surface area (Å²) in [5, 5.41) is 0. The topological polar surface area (TPSA) is 0 Å². The quantitative estimate of drug-likeness (QED) is 0.468. The molecule has 0 heteroatoms. The highest BCUT2D eigenvalue weighted by Gasteiger charge is 2.40. The molecule has 1 aliphatic rings. The molecule has 0 aromatic heterocycles. The van der Waals surface area contributed by atoms with Crippen LogP contribution in [0.25, 0.3) is 5.57 Å². The smallest absolute Gasteiger partial charge is 0.00877 e. The summed E-state index contributed by atoms with van der Waals surface area (Å²) < 4.78 is 0. The van der Waals surface area contributed by atoms with Gasteiger partial charge in [0.05, 0.1) is 0 Å². The summed E-state index contributed by atoms with van der Waals surface area (Å²) in [5.74, 6) is 1.08. The lowest BCUT2D eigenvalue weighted by Gasteiger charge is -2.45. The zero-order valence-electron chi connectivity index (χ0n) is 20.4. The fraction of sp³-hybridized carbons (Fsp3) is 0.533. The number of benzene rings is 2. The number of hydrogen-bond donors (Lipinski definition) is 0. The molecule has 2 aromatic carbocycles. The van der Waals surface area contributed by atoms with E-state index in [9.17, 15) is 0 Å². The van der Waals surface area contributed by atoms with Crippen LogP contribution in [0.15, 0.2) is 49.0 Å². The molecule has 3 unspecified atom stereocenters. The van der Waals surface area contributed by atoms with Crippen LogP contribution in [0.2, 0.25) is 0 Å². The number of allylic oxidation sites excluding steroid dienone is 1. The lowest BCUT2D eigenvalue weighted by molar-refractivity contribution is 0.132. The van der Waals surface area contributed by atoms with E-state index in [1.807, 2.05) is 0 Å². The van der Waals surface area contributed by atoms with E-state index in [2.05, 4.69) is 90.9 Å². The molecule has 0 nitrogen and oxygen atoms in total. The van der Waals surface area contributed by atoms with Gasteiger partial charge in [0.2, 0.25) is 0 Å². The van der Waals surface area contributed by atoms with Crippen molar-refractivity contribution >= 4 is 5.57 Å². The molecule has 1 aliphatic carbocycles. The van der Waals surface area contributed by atoms with Crippen molar-refractivity contribution < 1.29 is 0 Å². The Morgan fingerprint density at radius 3 is 2.43 bits per heavy atom. The van der Waals surface area contributed by atoms with E-state index in [0.717, 1.165) is 0 Å². The molecule has 0 spiro atoms. The largest absolute Gasteiger partial charge is 0.0949 e. The van der Waals surface area contributed by atoms with Crippen molar-refractivity contribution in [3.05, 3.63) is 76.9 Å². The van der Waals surface area contributed by atoms with Crippen LogP contribution in [-0.4, -0.2) is 0 Å². The third kappa shape index (κ3) is 5.26. The molecule has 0 bridgehead atoms. The lowest BCUT2D eigenvalue weighted by Crippen LogP contribution is -2.32. The van der Waals surface area contributed by atoms with Crippen molar-refractivity contribution in [2.45, 2.75) is 86.5 Å². The maximum Gasteiger partial charge on any atom is -0.00877 e. The van der Waals surface area contributed by atoms with Gasteiger partial charge < -0.3 is 0 Å². The van der Waals surface area contributed by atoms with Crippen LogP contribution in [0.3, 0.4) is 0 Å². The molecule has 2 aromatic rings. The molecular formula is C30H42. The number of rotatable bonds is 5. The van der Waals surface area contributed by atoms with E-state index in [0.29, 0.717) is 22.7 Å². The maximum atomic E-state index is 4.69. The predicted octanol–water partition coefficient (Wildman–Crippen LogP) is 9.04. The van der Waals surface area contributed by atoms with Gasteiger partial charge in [-0.3, -0.25) is 0 Å². The average Bonchev–Trinajstić information content (AvgIpc) is 2.68. The summed E-state index contributed by atoms with van der Waals surface area (Å²) in [6.45, 7) is 21.1. The van der Waals surface area contributed by atoms with Crippen molar-refractivity contribution in [1.29, 1.82) is 0 Å². The Bertz CT molecular complexity index is 894. The number of aryl methyl sites for hydroxylation is 2. The normalized spacial score (nSPS) is 24.6. The Morgan fingerprint density at radius 1 is 1.07 bits per heavy atom. The highest BCUT2D eigenvalue weighted by molar-refractivity contribution is 5.67. The molecule has 3 atom stereocenters. The van der Waals surface area contributed by atoms with Crippen LogP contribution < -0.4 is 0 Å². The lowest BCUT2D eigenvalue weighted by atomic mass is 9.59. The van der Waals surface area contributed by atoms with Crippen LogP contribution in [0.4, 0.5) is 0 Å². The second kappa shape index (κ2) is 8.74. The molecule has 0 radical (unpaired) electrons. The van der Waals surface area contributed by atoms with E-state index < -0.39 is 0 Å². The van der Waals surface area contributed by atoms with Gasteiger partial charge in [-0.25, -0.2) is 0 Å². The molecule has 1 fully saturated rings. The first-order valence-corrected chi connectivity index (χ1v) is 11.8. The molecule has 0 heterocycles. The van der Waals surface area contributed by atoms with Gasteiger partial charge in [-0.1, -0.05) is 82.3 Å². The van der Waals surface area contributed by atoms with Crippen molar-refractivity contribution in [1.82, 2.24) is 0 Å². The second-order valence-corrected chi connectivity index (χ2v) is 11.5. The van der Waals surface area contributed by atoms with Gasteiger partial charge in [-0.2, -0.15) is 0 Å². The Morgan fingerprint density at radius 2 is 1.77 bits per heavy atom. The predicted molar refractivity (Wildman–Crippen MR) is 133 cm³/mol. The Labute approximate surface area is 185 Å². The first kappa shape index (κ1) is 22.9. The van der Waals surface area contributed by atoms with Gasteiger partial charge in [0, 0.05) is 0 Å². The zero-order chi connectivity index (χ0) is 22.1. The van der Waals surface area contributed by atoms with E-state index >= 15 is 0 Å². The van der Waals surface area contributed by atoms with E-state index in [1.165, 1.54) is 59.9 Å². The second-order valence-electron chi connectivity index (χ2n) is 11.5. The molecule has 0 aliphatic heterocycles. The van der Waals surface area contributed by atoms with Crippen molar-refractivity contribution in [3.8, 4) is 0 Å². The SMILES string of the molecule is C=C(c1cccc(C)c1)C1CC(C)(CCC(C)(C)C)CCC1c1cccc(C)c1C. The standard InChI is InChI=1S/C30H42/c1-21-11-9-13-25(19-21)24(4)28-20-30(8,18-17-29(5,6)7)16-15-27(28)26-14-10-12-22(2)23(26)3/h9-14,19,27-28H,4,15-18,20H2,1-3,5-8H3. The van der Waals surface area contributed by atoms with Gasteiger partial charge >= 0.3 is 0 Å². The van der Waals surface area contributed by atoms with Crippen LogP contribution in [0, 0.1) is 37.5 Å². The van der Waals surface area contributed by atoms with Crippen LogP contribution in [-0.2, 0) is 0 Å². The third-order valence-electron chi connectivity index (χ3n) is 7.62. The summed E-state index contributed by atoms with van der Waals surface area (Å²) in [5.41, 5.74) is 9.22. The fourth-order valence-corrected chi connectivity index (χ4v) is 5.36. The van der Waals surface area contributed by atoms with E-state index in [1.54, 1.807) is 5.56 Å². The van der Waals surface area contributed by atoms with Crippen molar-refractivity contribution in [2.24, 2.45) is 16.7 Å². The minimum atomic E-state index is 0.399. The molecule has 162 valence electrons. The molecule has 1 saturated carbocycles. The van der Waals surface area contributed by atoms with Gasteiger partial charge in [0.15, 0.2) is 0 Å². The summed E-state index contributed by atoms with van der Waals surface area (Å²) in [6, 6.07) is 15.8. The van der Waals surface area contributed by atoms with Crippen LogP contribution >= 0.6 is 0 Å².